The van der Waals surface area contributed by atoms with Crippen LogP contribution in [-0.4, -0.2) is 8.32 Å². The van der Waals surface area contributed by atoms with E-state index < -0.39 is 25.8 Å². The van der Waals surface area contributed by atoms with E-state index in [1.54, 1.807) is 0 Å². The first-order valence-corrected chi connectivity index (χ1v) is 13.3. The lowest BCUT2D eigenvalue weighted by atomic mass is 10.0. The molecular formula is C22H27Cl2F3OSi. The van der Waals surface area contributed by atoms with Gasteiger partial charge in [0.2, 0.25) is 0 Å². The number of rotatable bonds is 10. The molecular weight excluding hydrogens is 436 g/mol. The Kier molecular flexibility index (Phi) is 9.07. The van der Waals surface area contributed by atoms with Crippen molar-refractivity contribution >= 4 is 31.5 Å². The summed E-state index contributed by atoms with van der Waals surface area (Å²) >= 11 is 12.7. The molecule has 0 radical (unpaired) electrons. The summed E-state index contributed by atoms with van der Waals surface area (Å²) in [4.78, 5) is 0. The zero-order valence-corrected chi connectivity index (χ0v) is 19.5. The van der Waals surface area contributed by atoms with Crippen molar-refractivity contribution in [3.05, 3.63) is 69.0 Å². The highest BCUT2D eigenvalue weighted by molar-refractivity contribution is 6.73. The van der Waals surface area contributed by atoms with E-state index in [9.17, 15) is 13.2 Å². The van der Waals surface area contributed by atoms with Gasteiger partial charge in [0.1, 0.15) is 17.5 Å². The molecule has 2 aromatic rings. The molecule has 1 atom stereocenters. The van der Waals surface area contributed by atoms with Crippen LogP contribution in [0.3, 0.4) is 0 Å². The van der Waals surface area contributed by atoms with Crippen molar-refractivity contribution in [2.45, 2.75) is 64.3 Å². The van der Waals surface area contributed by atoms with Crippen LogP contribution in [0.2, 0.25) is 28.2 Å². The molecule has 0 aliphatic heterocycles. The van der Waals surface area contributed by atoms with Crippen LogP contribution in [-0.2, 0) is 10.8 Å². The van der Waals surface area contributed by atoms with E-state index in [2.05, 4.69) is 20.8 Å². The van der Waals surface area contributed by atoms with Crippen LogP contribution in [0.5, 0.6) is 0 Å². The molecule has 0 aliphatic carbocycles. The van der Waals surface area contributed by atoms with E-state index in [0.29, 0.717) is 30.4 Å². The van der Waals surface area contributed by atoms with Crippen molar-refractivity contribution in [1.29, 1.82) is 0 Å². The third kappa shape index (κ3) is 6.48. The van der Waals surface area contributed by atoms with E-state index in [1.165, 1.54) is 24.3 Å². The molecule has 0 bridgehead atoms. The van der Waals surface area contributed by atoms with E-state index >= 15 is 0 Å². The predicted molar refractivity (Wildman–Crippen MR) is 117 cm³/mol. The summed E-state index contributed by atoms with van der Waals surface area (Å²) in [5.74, 6) is -1.68. The Bertz CT molecular complexity index is 776. The zero-order chi connectivity index (χ0) is 21.6. The monoisotopic (exact) mass is 462 g/mol. The molecule has 1 unspecified atom stereocenters. The van der Waals surface area contributed by atoms with Gasteiger partial charge in [0, 0.05) is 11.6 Å². The quantitative estimate of drug-likeness (QED) is 0.321. The topological polar surface area (TPSA) is 9.23 Å². The number of benzene rings is 2. The zero-order valence-electron chi connectivity index (χ0n) is 17.0. The lowest BCUT2D eigenvalue weighted by Crippen LogP contribution is -2.37. The number of hydrogen-bond donors (Lipinski definition) is 0. The second-order valence-corrected chi connectivity index (χ2v) is 12.8. The van der Waals surface area contributed by atoms with Crippen molar-refractivity contribution in [2.24, 2.45) is 0 Å². The van der Waals surface area contributed by atoms with E-state index in [4.69, 9.17) is 27.6 Å². The van der Waals surface area contributed by atoms with Crippen LogP contribution in [0.15, 0.2) is 30.3 Å². The van der Waals surface area contributed by atoms with Crippen LogP contribution in [0.25, 0.3) is 0 Å². The first kappa shape index (κ1) is 24.3. The molecule has 7 heteroatoms. The predicted octanol–water partition coefficient (Wildman–Crippen LogP) is 8.50. The molecule has 29 heavy (non-hydrogen) atoms. The van der Waals surface area contributed by atoms with Crippen LogP contribution in [0.4, 0.5) is 13.2 Å². The SMILES string of the molecule is CC[Si](CC)(CC)OC(CCCc1cc(F)cc(F)c1)c1c(Cl)cc(F)cc1Cl. The fourth-order valence-corrected chi connectivity index (χ4v) is 7.21. The fourth-order valence-electron chi connectivity index (χ4n) is 3.67. The Hall–Kier alpha value is -1.01. The minimum absolute atomic E-state index is 0.239. The summed E-state index contributed by atoms with van der Waals surface area (Å²) in [7, 11) is -2.00. The van der Waals surface area contributed by atoms with Gasteiger partial charge < -0.3 is 4.43 Å². The molecule has 2 aromatic carbocycles. The molecule has 2 rings (SSSR count). The number of aryl methyl sites for hydroxylation is 1. The number of halogens is 5. The standard InChI is InChI=1S/C22H27Cl2F3OSi/c1-4-29(5-2,6-3)28-21(22-19(23)13-18(27)14-20(22)24)9-7-8-15-10-16(25)12-17(26)11-15/h10-14,21H,4-9H2,1-3H3. The van der Waals surface area contributed by atoms with Crippen LogP contribution in [0, 0.1) is 17.5 Å². The van der Waals surface area contributed by atoms with E-state index in [1.807, 2.05) is 0 Å². The first-order chi connectivity index (χ1) is 13.7. The highest BCUT2D eigenvalue weighted by Crippen LogP contribution is 2.40. The van der Waals surface area contributed by atoms with Gasteiger partial charge in [-0.15, -0.1) is 0 Å². The maximum Gasteiger partial charge on any atom is 0.192 e. The van der Waals surface area contributed by atoms with Gasteiger partial charge in [-0.25, -0.2) is 13.2 Å². The molecule has 0 amide bonds. The van der Waals surface area contributed by atoms with Gasteiger partial charge >= 0.3 is 0 Å². The number of hydrogen-bond acceptors (Lipinski definition) is 1. The average Bonchev–Trinajstić information content (AvgIpc) is 2.64. The molecule has 1 nitrogen and oxygen atoms in total. The fraction of sp³-hybridized carbons (Fsp3) is 0.455. The Labute approximate surface area is 182 Å². The Morgan fingerprint density at radius 1 is 0.828 bits per heavy atom. The highest BCUT2D eigenvalue weighted by Gasteiger charge is 2.34. The molecule has 0 saturated heterocycles. The summed E-state index contributed by atoms with van der Waals surface area (Å²) < 4.78 is 47.2. The maximum absolute atomic E-state index is 13.7. The summed E-state index contributed by atoms with van der Waals surface area (Å²) in [6.45, 7) is 6.37. The normalized spacial score (nSPS) is 13.0. The summed E-state index contributed by atoms with van der Waals surface area (Å²) in [6, 6.07) is 8.85. The molecule has 0 aromatic heterocycles. The van der Waals surface area contributed by atoms with Crippen molar-refractivity contribution in [1.82, 2.24) is 0 Å². The highest BCUT2D eigenvalue weighted by atomic mass is 35.5. The van der Waals surface area contributed by atoms with Gasteiger partial charge in [-0.3, -0.25) is 0 Å². The molecule has 160 valence electrons. The van der Waals surface area contributed by atoms with Crippen molar-refractivity contribution in [2.75, 3.05) is 0 Å². The largest absolute Gasteiger partial charge is 0.410 e. The van der Waals surface area contributed by atoms with Gasteiger partial charge in [-0.1, -0.05) is 44.0 Å². The van der Waals surface area contributed by atoms with Crippen LogP contribution >= 0.6 is 23.2 Å². The van der Waals surface area contributed by atoms with Gasteiger partial charge in [-0.05, 0) is 67.2 Å². The van der Waals surface area contributed by atoms with Gasteiger partial charge in [0.15, 0.2) is 8.32 Å². The lowest BCUT2D eigenvalue weighted by Gasteiger charge is -2.34. The first-order valence-electron chi connectivity index (χ1n) is 10.0. The van der Waals surface area contributed by atoms with Gasteiger partial charge in [0.25, 0.3) is 0 Å². The van der Waals surface area contributed by atoms with E-state index in [0.717, 1.165) is 24.2 Å². The average molecular weight is 463 g/mol. The third-order valence-electron chi connectivity index (χ3n) is 5.55. The van der Waals surface area contributed by atoms with E-state index in [-0.39, 0.29) is 16.1 Å². The molecule has 0 spiro atoms. The Balaban J connectivity index is 2.27. The molecule has 0 fully saturated rings. The van der Waals surface area contributed by atoms with Gasteiger partial charge in [-0.2, -0.15) is 0 Å². The minimum Gasteiger partial charge on any atom is -0.410 e. The molecule has 0 saturated carbocycles. The van der Waals surface area contributed by atoms with Crippen molar-refractivity contribution < 1.29 is 17.6 Å². The molecule has 0 aliphatic rings. The molecule has 0 N–H and O–H groups in total. The summed E-state index contributed by atoms with van der Waals surface area (Å²) in [5.41, 5.74) is 1.18. The maximum atomic E-state index is 13.7. The van der Waals surface area contributed by atoms with Crippen LogP contribution in [0.1, 0.15) is 50.8 Å². The Morgan fingerprint density at radius 3 is 1.79 bits per heavy atom. The Morgan fingerprint density at radius 2 is 1.31 bits per heavy atom. The van der Waals surface area contributed by atoms with Gasteiger partial charge in [0.05, 0.1) is 16.1 Å². The third-order valence-corrected chi connectivity index (χ3v) is 10.8. The summed E-state index contributed by atoms with van der Waals surface area (Å²) in [5, 5.41) is 0.478. The second kappa shape index (κ2) is 10.8. The summed E-state index contributed by atoms with van der Waals surface area (Å²) in [6.07, 6.45) is 1.29. The minimum atomic E-state index is -2.00. The smallest absolute Gasteiger partial charge is 0.192 e. The van der Waals surface area contributed by atoms with Crippen molar-refractivity contribution in [3.63, 3.8) is 0 Å². The lowest BCUT2D eigenvalue weighted by molar-refractivity contribution is 0.176. The van der Waals surface area contributed by atoms with Crippen molar-refractivity contribution in [3.8, 4) is 0 Å². The molecule has 0 heterocycles. The van der Waals surface area contributed by atoms with Crippen LogP contribution < -0.4 is 0 Å². The second-order valence-electron chi connectivity index (χ2n) is 7.30.